The SMILES string of the molecule is COc1ccc(NC(=O)N2CCc3nnc(Cc4ccccc4)n3CC2)cn1. The van der Waals surface area contributed by atoms with Gasteiger partial charge in [-0.1, -0.05) is 30.3 Å². The molecule has 0 saturated heterocycles. The number of urea groups is 1. The molecule has 0 unspecified atom stereocenters. The number of aromatic nitrogens is 4. The van der Waals surface area contributed by atoms with E-state index in [9.17, 15) is 4.79 Å². The van der Waals surface area contributed by atoms with Gasteiger partial charge in [0.2, 0.25) is 5.88 Å². The van der Waals surface area contributed by atoms with Crippen molar-refractivity contribution in [2.45, 2.75) is 19.4 Å². The average Bonchev–Trinajstić information content (AvgIpc) is 2.97. The van der Waals surface area contributed by atoms with Gasteiger partial charge in [-0.3, -0.25) is 0 Å². The fraction of sp³-hybridized carbons (Fsp3) is 0.300. The summed E-state index contributed by atoms with van der Waals surface area (Å²) in [6.07, 6.45) is 3.00. The van der Waals surface area contributed by atoms with E-state index in [-0.39, 0.29) is 6.03 Å². The van der Waals surface area contributed by atoms with Crippen molar-refractivity contribution in [3.05, 3.63) is 65.9 Å². The Hall–Kier alpha value is -3.42. The second-order valence-corrected chi connectivity index (χ2v) is 6.60. The summed E-state index contributed by atoms with van der Waals surface area (Å²) in [5, 5.41) is 11.6. The van der Waals surface area contributed by atoms with E-state index < -0.39 is 0 Å². The number of fused-ring (bicyclic) bond motifs is 1. The molecule has 8 nitrogen and oxygen atoms in total. The van der Waals surface area contributed by atoms with Crippen LogP contribution in [-0.2, 0) is 19.4 Å². The molecule has 0 bridgehead atoms. The van der Waals surface area contributed by atoms with Crippen LogP contribution in [0.15, 0.2) is 48.7 Å². The lowest BCUT2D eigenvalue weighted by atomic mass is 10.1. The molecule has 3 heterocycles. The average molecular weight is 378 g/mol. The fourth-order valence-electron chi connectivity index (χ4n) is 3.27. The molecule has 28 heavy (non-hydrogen) atoms. The summed E-state index contributed by atoms with van der Waals surface area (Å²) in [6.45, 7) is 1.87. The molecule has 0 radical (unpaired) electrons. The Morgan fingerprint density at radius 2 is 1.96 bits per heavy atom. The maximum atomic E-state index is 12.6. The normalized spacial score (nSPS) is 13.5. The highest BCUT2D eigenvalue weighted by Crippen LogP contribution is 2.15. The Kier molecular flexibility index (Phi) is 5.18. The molecule has 0 spiro atoms. The van der Waals surface area contributed by atoms with E-state index in [1.807, 2.05) is 18.2 Å². The minimum Gasteiger partial charge on any atom is -0.481 e. The number of rotatable bonds is 4. The molecule has 2 amide bonds. The topological polar surface area (TPSA) is 85.2 Å². The van der Waals surface area contributed by atoms with E-state index in [0.29, 0.717) is 37.6 Å². The lowest BCUT2D eigenvalue weighted by Crippen LogP contribution is -2.37. The van der Waals surface area contributed by atoms with Gasteiger partial charge < -0.3 is 19.5 Å². The predicted molar refractivity (Wildman–Crippen MR) is 104 cm³/mol. The van der Waals surface area contributed by atoms with Gasteiger partial charge in [0, 0.05) is 38.5 Å². The van der Waals surface area contributed by atoms with Gasteiger partial charge in [0.05, 0.1) is 19.0 Å². The van der Waals surface area contributed by atoms with E-state index in [4.69, 9.17) is 4.74 Å². The molecule has 1 N–H and O–H groups in total. The fourth-order valence-corrected chi connectivity index (χ4v) is 3.27. The molecule has 0 aliphatic carbocycles. The number of nitrogens with one attached hydrogen (secondary N) is 1. The van der Waals surface area contributed by atoms with Crippen LogP contribution in [0.4, 0.5) is 10.5 Å². The first kappa shape index (κ1) is 18.0. The van der Waals surface area contributed by atoms with Crippen molar-refractivity contribution in [2.75, 3.05) is 25.5 Å². The molecule has 0 atom stereocenters. The van der Waals surface area contributed by atoms with Gasteiger partial charge in [-0.05, 0) is 11.6 Å². The summed E-state index contributed by atoms with van der Waals surface area (Å²) >= 11 is 0. The second-order valence-electron chi connectivity index (χ2n) is 6.60. The first-order chi connectivity index (χ1) is 13.7. The summed E-state index contributed by atoms with van der Waals surface area (Å²) in [6, 6.07) is 13.6. The van der Waals surface area contributed by atoms with E-state index in [1.165, 1.54) is 5.56 Å². The third-order valence-electron chi connectivity index (χ3n) is 4.79. The number of benzene rings is 1. The largest absolute Gasteiger partial charge is 0.481 e. The summed E-state index contributed by atoms with van der Waals surface area (Å²) < 4.78 is 7.17. The molecular weight excluding hydrogens is 356 g/mol. The van der Waals surface area contributed by atoms with Crippen LogP contribution >= 0.6 is 0 Å². The second kappa shape index (κ2) is 8.08. The maximum absolute atomic E-state index is 12.6. The Bertz CT molecular complexity index is 939. The molecule has 3 aromatic rings. The predicted octanol–water partition coefficient (Wildman–Crippen LogP) is 2.36. The highest BCUT2D eigenvalue weighted by molar-refractivity contribution is 5.89. The van der Waals surface area contributed by atoms with Gasteiger partial charge in [0.25, 0.3) is 0 Å². The zero-order valence-electron chi connectivity index (χ0n) is 15.7. The maximum Gasteiger partial charge on any atom is 0.321 e. The molecule has 0 saturated carbocycles. The lowest BCUT2D eigenvalue weighted by Gasteiger charge is -2.20. The smallest absolute Gasteiger partial charge is 0.321 e. The van der Waals surface area contributed by atoms with Gasteiger partial charge in [-0.25, -0.2) is 9.78 Å². The van der Waals surface area contributed by atoms with Crippen molar-refractivity contribution >= 4 is 11.7 Å². The van der Waals surface area contributed by atoms with Gasteiger partial charge in [0.15, 0.2) is 0 Å². The van der Waals surface area contributed by atoms with E-state index in [1.54, 1.807) is 30.3 Å². The van der Waals surface area contributed by atoms with E-state index in [2.05, 4.69) is 37.2 Å². The van der Waals surface area contributed by atoms with Crippen LogP contribution in [0.25, 0.3) is 0 Å². The number of carbonyl (C=O) groups is 1. The van der Waals surface area contributed by atoms with E-state index >= 15 is 0 Å². The molecule has 144 valence electrons. The quantitative estimate of drug-likeness (QED) is 0.753. The van der Waals surface area contributed by atoms with Crippen molar-refractivity contribution in [3.63, 3.8) is 0 Å². The first-order valence-electron chi connectivity index (χ1n) is 9.24. The molecule has 1 aliphatic rings. The molecule has 1 aromatic carbocycles. The Morgan fingerprint density at radius 1 is 1.11 bits per heavy atom. The zero-order chi connectivity index (χ0) is 19.3. The molecular formula is C20H22N6O2. The minimum atomic E-state index is -0.143. The Labute approximate surface area is 163 Å². The number of carbonyl (C=O) groups excluding carboxylic acids is 1. The number of methoxy groups -OCH3 is 1. The third-order valence-corrected chi connectivity index (χ3v) is 4.79. The first-order valence-corrected chi connectivity index (χ1v) is 9.24. The van der Waals surface area contributed by atoms with Crippen LogP contribution in [0.3, 0.4) is 0 Å². The number of amides is 2. The van der Waals surface area contributed by atoms with Crippen molar-refractivity contribution < 1.29 is 9.53 Å². The van der Waals surface area contributed by atoms with Crippen LogP contribution in [0.5, 0.6) is 5.88 Å². The summed E-state index contributed by atoms with van der Waals surface area (Å²) in [5.41, 5.74) is 1.84. The summed E-state index contributed by atoms with van der Waals surface area (Å²) in [7, 11) is 1.56. The van der Waals surface area contributed by atoms with Crippen molar-refractivity contribution in [1.29, 1.82) is 0 Å². The molecule has 0 fully saturated rings. The van der Waals surface area contributed by atoms with Crippen molar-refractivity contribution in [3.8, 4) is 5.88 Å². The number of hydrogen-bond acceptors (Lipinski definition) is 5. The molecule has 1 aliphatic heterocycles. The number of anilines is 1. The van der Waals surface area contributed by atoms with Crippen molar-refractivity contribution in [1.82, 2.24) is 24.6 Å². The standard InChI is InChI=1S/C20H22N6O2/c1-28-19-8-7-16(14-21-19)22-20(27)25-10-9-17-23-24-18(26(17)12-11-25)13-15-5-3-2-4-6-15/h2-8,14H,9-13H2,1H3,(H,22,27). The summed E-state index contributed by atoms with van der Waals surface area (Å²) in [5.74, 6) is 2.37. The van der Waals surface area contributed by atoms with Crippen LogP contribution in [0.1, 0.15) is 17.2 Å². The van der Waals surface area contributed by atoms with Crippen LogP contribution in [-0.4, -0.2) is 50.9 Å². The van der Waals surface area contributed by atoms with Crippen LogP contribution < -0.4 is 10.1 Å². The molecule has 4 rings (SSSR count). The Morgan fingerprint density at radius 3 is 2.71 bits per heavy atom. The highest BCUT2D eigenvalue weighted by atomic mass is 16.5. The number of hydrogen-bond donors (Lipinski definition) is 1. The molecule has 8 heteroatoms. The monoisotopic (exact) mass is 378 g/mol. The van der Waals surface area contributed by atoms with Gasteiger partial charge in [-0.2, -0.15) is 0 Å². The van der Waals surface area contributed by atoms with Gasteiger partial charge in [-0.15, -0.1) is 10.2 Å². The molecule has 2 aromatic heterocycles. The van der Waals surface area contributed by atoms with Crippen LogP contribution in [0, 0.1) is 0 Å². The van der Waals surface area contributed by atoms with E-state index in [0.717, 1.165) is 18.1 Å². The third kappa shape index (κ3) is 3.95. The number of nitrogens with zero attached hydrogens (tertiary/aromatic N) is 5. The Balaban J connectivity index is 1.40. The lowest BCUT2D eigenvalue weighted by molar-refractivity contribution is 0.212. The summed E-state index contributed by atoms with van der Waals surface area (Å²) in [4.78, 5) is 18.5. The minimum absolute atomic E-state index is 0.143. The number of ether oxygens (including phenoxy) is 1. The van der Waals surface area contributed by atoms with Crippen LogP contribution in [0.2, 0.25) is 0 Å². The zero-order valence-corrected chi connectivity index (χ0v) is 15.7. The number of pyridine rings is 1. The van der Waals surface area contributed by atoms with Gasteiger partial charge >= 0.3 is 6.03 Å². The highest BCUT2D eigenvalue weighted by Gasteiger charge is 2.22. The van der Waals surface area contributed by atoms with Crippen molar-refractivity contribution in [2.24, 2.45) is 0 Å². The van der Waals surface area contributed by atoms with Gasteiger partial charge in [0.1, 0.15) is 11.6 Å².